The quantitative estimate of drug-likeness (QED) is 0.360. The third-order valence-electron chi connectivity index (χ3n) is 2.20. The molecule has 4 heteroatoms. The average Bonchev–Trinajstić information content (AvgIpc) is 2.24. The van der Waals surface area contributed by atoms with Gasteiger partial charge in [-0.3, -0.25) is 4.99 Å². The largest absolute Gasteiger partial charge is 0.382 e. The molecule has 0 radical (unpaired) electrons. The molecule has 0 atom stereocenters. The number of guanidine groups is 1. The molecule has 0 aromatic rings. The van der Waals surface area contributed by atoms with Crippen molar-refractivity contribution in [3.63, 3.8) is 0 Å². The summed E-state index contributed by atoms with van der Waals surface area (Å²) in [6.45, 7) is 9.64. The first-order chi connectivity index (χ1) is 7.66. The lowest BCUT2D eigenvalue weighted by molar-refractivity contribution is 0.146. The summed E-state index contributed by atoms with van der Waals surface area (Å²) in [7, 11) is 0. The van der Waals surface area contributed by atoms with Gasteiger partial charge in [0.1, 0.15) is 0 Å². The number of nitrogens with two attached hydrogens (primary N) is 1. The first-order valence-corrected chi connectivity index (χ1v) is 6.28. The van der Waals surface area contributed by atoms with E-state index in [1.54, 1.807) is 0 Å². The fourth-order valence-corrected chi connectivity index (χ4v) is 1.29. The molecule has 0 fully saturated rings. The van der Waals surface area contributed by atoms with Gasteiger partial charge in [0.25, 0.3) is 0 Å². The summed E-state index contributed by atoms with van der Waals surface area (Å²) in [5.41, 5.74) is 5.70. The van der Waals surface area contributed by atoms with Gasteiger partial charge >= 0.3 is 0 Å². The maximum atomic E-state index is 5.70. The van der Waals surface area contributed by atoms with E-state index in [0.29, 0.717) is 5.96 Å². The first-order valence-electron chi connectivity index (χ1n) is 6.28. The minimum absolute atomic E-state index is 0.556. The van der Waals surface area contributed by atoms with E-state index in [2.05, 4.69) is 24.2 Å². The Labute approximate surface area is 99.7 Å². The Morgan fingerprint density at radius 2 is 2.12 bits per heavy atom. The summed E-state index contributed by atoms with van der Waals surface area (Å²) in [5.74, 6) is 1.31. The highest BCUT2D eigenvalue weighted by Crippen LogP contribution is 2.01. The van der Waals surface area contributed by atoms with Crippen LogP contribution in [-0.2, 0) is 4.74 Å². The van der Waals surface area contributed by atoms with Crippen LogP contribution < -0.4 is 11.1 Å². The predicted molar refractivity (Wildman–Crippen MR) is 69.7 cm³/mol. The molecule has 0 amide bonds. The Balaban J connectivity index is 3.34. The number of rotatable bonds is 9. The highest BCUT2D eigenvalue weighted by Gasteiger charge is 1.94. The lowest BCUT2D eigenvalue weighted by Crippen LogP contribution is -2.32. The number of hydrogen-bond donors (Lipinski definition) is 2. The summed E-state index contributed by atoms with van der Waals surface area (Å²) in [5, 5.41) is 3.12. The number of nitrogens with zero attached hydrogens (tertiary/aromatic N) is 1. The lowest BCUT2D eigenvalue weighted by Gasteiger charge is -2.07. The first kappa shape index (κ1) is 15.2. The molecule has 0 spiro atoms. The fraction of sp³-hybridized carbons (Fsp3) is 0.917. The monoisotopic (exact) mass is 229 g/mol. The van der Waals surface area contributed by atoms with Crippen LogP contribution >= 0.6 is 0 Å². The standard InChI is InChI=1S/C12H27N3O/c1-4-16-10-6-9-15-12(13)14-8-5-7-11(2)3/h11H,4-10H2,1-3H3,(H3,13,14,15). The summed E-state index contributed by atoms with van der Waals surface area (Å²) in [6.07, 6.45) is 3.31. The van der Waals surface area contributed by atoms with Crippen molar-refractivity contribution in [2.24, 2.45) is 16.6 Å². The topological polar surface area (TPSA) is 59.6 Å². The van der Waals surface area contributed by atoms with Crippen LogP contribution in [0.3, 0.4) is 0 Å². The zero-order chi connectivity index (χ0) is 12.2. The van der Waals surface area contributed by atoms with Gasteiger partial charge < -0.3 is 15.8 Å². The van der Waals surface area contributed by atoms with Crippen LogP contribution in [0.15, 0.2) is 4.99 Å². The van der Waals surface area contributed by atoms with Crippen molar-refractivity contribution in [2.45, 2.75) is 40.0 Å². The second-order valence-electron chi connectivity index (χ2n) is 4.28. The van der Waals surface area contributed by atoms with Gasteiger partial charge in [0.05, 0.1) is 0 Å². The molecule has 4 nitrogen and oxygen atoms in total. The second-order valence-corrected chi connectivity index (χ2v) is 4.28. The van der Waals surface area contributed by atoms with Gasteiger partial charge in [-0.15, -0.1) is 0 Å². The predicted octanol–water partition coefficient (Wildman–Crippen LogP) is 1.75. The number of aliphatic imine (C=N–C) groups is 1. The fourth-order valence-electron chi connectivity index (χ4n) is 1.29. The van der Waals surface area contributed by atoms with Gasteiger partial charge in [-0.2, -0.15) is 0 Å². The maximum absolute atomic E-state index is 5.70. The molecule has 0 saturated carbocycles. The zero-order valence-corrected chi connectivity index (χ0v) is 11.0. The van der Waals surface area contributed by atoms with Gasteiger partial charge in [-0.1, -0.05) is 13.8 Å². The van der Waals surface area contributed by atoms with Crippen molar-refractivity contribution in [3.05, 3.63) is 0 Å². The lowest BCUT2D eigenvalue weighted by atomic mass is 10.1. The Morgan fingerprint density at radius 1 is 1.38 bits per heavy atom. The van der Waals surface area contributed by atoms with Crippen molar-refractivity contribution in [2.75, 3.05) is 26.3 Å². The van der Waals surface area contributed by atoms with E-state index >= 15 is 0 Å². The van der Waals surface area contributed by atoms with Gasteiger partial charge in [0.2, 0.25) is 0 Å². The highest BCUT2D eigenvalue weighted by molar-refractivity contribution is 5.77. The van der Waals surface area contributed by atoms with Crippen LogP contribution in [0, 0.1) is 5.92 Å². The molecule has 96 valence electrons. The molecule has 0 aliphatic carbocycles. The molecule has 0 aliphatic rings. The maximum Gasteiger partial charge on any atom is 0.188 e. The van der Waals surface area contributed by atoms with E-state index in [0.717, 1.165) is 45.1 Å². The van der Waals surface area contributed by atoms with E-state index in [9.17, 15) is 0 Å². The molecule has 0 bridgehead atoms. The number of ether oxygens (including phenoxy) is 1. The SMILES string of the molecule is CCOCCCN=C(N)NCCCC(C)C. The van der Waals surface area contributed by atoms with Crippen LogP contribution in [0.1, 0.15) is 40.0 Å². The van der Waals surface area contributed by atoms with Crippen molar-refractivity contribution < 1.29 is 4.74 Å². The van der Waals surface area contributed by atoms with Crippen molar-refractivity contribution in [1.29, 1.82) is 0 Å². The molecule has 0 rings (SSSR count). The van der Waals surface area contributed by atoms with E-state index in [1.165, 1.54) is 6.42 Å². The minimum atomic E-state index is 0.556. The molecule has 0 aromatic heterocycles. The summed E-state index contributed by atoms with van der Waals surface area (Å²) in [6, 6.07) is 0. The summed E-state index contributed by atoms with van der Waals surface area (Å²) in [4.78, 5) is 4.22. The van der Waals surface area contributed by atoms with E-state index in [4.69, 9.17) is 10.5 Å². The van der Waals surface area contributed by atoms with Crippen LogP contribution in [0.25, 0.3) is 0 Å². The molecule has 0 heterocycles. The zero-order valence-electron chi connectivity index (χ0n) is 11.0. The molecule has 0 aliphatic heterocycles. The molecular weight excluding hydrogens is 202 g/mol. The van der Waals surface area contributed by atoms with E-state index in [1.807, 2.05) is 6.92 Å². The second kappa shape index (κ2) is 10.7. The van der Waals surface area contributed by atoms with Crippen molar-refractivity contribution in [3.8, 4) is 0 Å². The smallest absolute Gasteiger partial charge is 0.188 e. The molecule has 16 heavy (non-hydrogen) atoms. The normalized spacial score (nSPS) is 12.1. The van der Waals surface area contributed by atoms with Crippen LogP contribution in [0.4, 0.5) is 0 Å². The Hall–Kier alpha value is -0.770. The van der Waals surface area contributed by atoms with Crippen LogP contribution in [-0.4, -0.2) is 32.3 Å². The molecular formula is C12H27N3O. The summed E-state index contributed by atoms with van der Waals surface area (Å²) < 4.78 is 5.21. The van der Waals surface area contributed by atoms with Gasteiger partial charge in [-0.05, 0) is 32.1 Å². The molecule has 0 aromatic carbocycles. The molecule has 0 saturated heterocycles. The third-order valence-corrected chi connectivity index (χ3v) is 2.20. The Kier molecular flexibility index (Phi) is 10.2. The average molecular weight is 229 g/mol. The number of hydrogen-bond acceptors (Lipinski definition) is 2. The molecule has 3 N–H and O–H groups in total. The van der Waals surface area contributed by atoms with E-state index < -0.39 is 0 Å². The van der Waals surface area contributed by atoms with Crippen LogP contribution in [0.2, 0.25) is 0 Å². The minimum Gasteiger partial charge on any atom is -0.382 e. The van der Waals surface area contributed by atoms with E-state index in [-0.39, 0.29) is 0 Å². The number of nitrogens with one attached hydrogen (secondary N) is 1. The van der Waals surface area contributed by atoms with Crippen molar-refractivity contribution >= 4 is 5.96 Å². The van der Waals surface area contributed by atoms with Crippen molar-refractivity contribution in [1.82, 2.24) is 5.32 Å². The van der Waals surface area contributed by atoms with Gasteiger partial charge in [0, 0.05) is 26.3 Å². The van der Waals surface area contributed by atoms with Crippen LogP contribution in [0.5, 0.6) is 0 Å². The van der Waals surface area contributed by atoms with Gasteiger partial charge in [0.15, 0.2) is 5.96 Å². The Morgan fingerprint density at radius 3 is 2.75 bits per heavy atom. The highest BCUT2D eigenvalue weighted by atomic mass is 16.5. The van der Waals surface area contributed by atoms with Gasteiger partial charge in [-0.25, -0.2) is 0 Å². The third kappa shape index (κ3) is 11.3. The summed E-state index contributed by atoms with van der Waals surface area (Å²) >= 11 is 0. The Bertz CT molecular complexity index is 181. The molecule has 0 unspecified atom stereocenters.